The van der Waals surface area contributed by atoms with Crippen molar-refractivity contribution in [2.45, 2.75) is 30.6 Å². The molecule has 1 amide bonds. The zero-order valence-corrected chi connectivity index (χ0v) is 13.7. The lowest BCUT2D eigenvalue weighted by molar-refractivity contribution is 0.0787. The number of rotatable bonds is 3. The molecule has 23 heavy (non-hydrogen) atoms. The Morgan fingerprint density at radius 2 is 1.87 bits per heavy atom. The summed E-state index contributed by atoms with van der Waals surface area (Å²) in [6.45, 7) is 2.14. The smallest absolute Gasteiger partial charge is 0.270 e. The zero-order chi connectivity index (χ0) is 16.4. The molecule has 124 valence electrons. The maximum atomic E-state index is 12.6. The molecule has 0 unspecified atom stereocenters. The van der Waals surface area contributed by atoms with Crippen LogP contribution in [0.3, 0.4) is 0 Å². The molecule has 0 atom stereocenters. The minimum absolute atomic E-state index is 0.0695. The van der Waals surface area contributed by atoms with Crippen LogP contribution in [0.1, 0.15) is 36.2 Å². The highest BCUT2D eigenvalue weighted by Crippen LogP contribution is 2.24. The van der Waals surface area contributed by atoms with Crippen LogP contribution in [0.4, 0.5) is 0 Å². The third kappa shape index (κ3) is 3.12. The van der Waals surface area contributed by atoms with Gasteiger partial charge in [-0.15, -0.1) is 0 Å². The van der Waals surface area contributed by atoms with E-state index >= 15 is 0 Å². The Morgan fingerprint density at radius 3 is 2.48 bits per heavy atom. The summed E-state index contributed by atoms with van der Waals surface area (Å²) in [5.41, 5.74) is 0.317. The molecule has 8 heteroatoms. The van der Waals surface area contributed by atoms with Crippen molar-refractivity contribution in [3.05, 3.63) is 18.0 Å². The van der Waals surface area contributed by atoms with Crippen LogP contribution in [0.2, 0.25) is 0 Å². The van der Waals surface area contributed by atoms with Gasteiger partial charge in [-0.2, -0.15) is 9.57 Å². The Labute approximate surface area is 135 Å². The fourth-order valence-corrected chi connectivity index (χ4v) is 4.58. The summed E-state index contributed by atoms with van der Waals surface area (Å²) in [5.74, 6) is -0.216. The first kappa shape index (κ1) is 16.0. The van der Waals surface area contributed by atoms with Gasteiger partial charge in [0.25, 0.3) is 5.91 Å². The van der Waals surface area contributed by atoms with Gasteiger partial charge in [0.2, 0.25) is 10.0 Å². The number of piperidine rings is 1. The number of nitriles is 1. The van der Waals surface area contributed by atoms with Crippen LogP contribution in [0.5, 0.6) is 0 Å². The van der Waals surface area contributed by atoms with Gasteiger partial charge in [0.05, 0.1) is 6.07 Å². The Bertz CT molecular complexity index is 720. The number of hydrogen-bond acceptors (Lipinski definition) is 4. The lowest BCUT2D eigenvalue weighted by Gasteiger charge is -2.27. The summed E-state index contributed by atoms with van der Waals surface area (Å²) in [4.78, 5) is 17.0. The molecule has 2 fully saturated rings. The lowest BCUT2D eigenvalue weighted by atomic mass is 10.0. The van der Waals surface area contributed by atoms with Crippen molar-refractivity contribution in [1.82, 2.24) is 14.2 Å². The van der Waals surface area contributed by atoms with Crippen LogP contribution in [0.15, 0.2) is 17.2 Å². The third-order valence-electron chi connectivity index (χ3n) is 4.55. The predicted molar refractivity (Wildman–Crippen MR) is 83.0 cm³/mol. The van der Waals surface area contributed by atoms with Crippen molar-refractivity contribution in [2.75, 3.05) is 26.2 Å². The number of hydrogen-bond donors (Lipinski definition) is 1. The van der Waals surface area contributed by atoms with Crippen molar-refractivity contribution in [1.29, 1.82) is 5.26 Å². The predicted octanol–water partition coefficient (Wildman–Crippen LogP) is 1.17. The van der Waals surface area contributed by atoms with E-state index < -0.39 is 10.0 Å². The number of likely N-dealkylation sites (tertiary alicyclic amines) is 1. The Balaban J connectivity index is 1.74. The minimum atomic E-state index is -3.61. The van der Waals surface area contributed by atoms with E-state index in [0.717, 1.165) is 25.9 Å². The number of nitrogens with zero attached hydrogens (tertiary/aromatic N) is 3. The third-order valence-corrected chi connectivity index (χ3v) is 6.43. The van der Waals surface area contributed by atoms with Gasteiger partial charge in [0, 0.05) is 38.3 Å². The number of carbonyl (C=O) groups excluding carboxylic acids is 1. The number of carbonyl (C=O) groups is 1. The molecule has 1 aromatic heterocycles. The number of aromatic amines is 1. The maximum absolute atomic E-state index is 12.6. The second-order valence-electron chi connectivity index (χ2n) is 6.06. The molecule has 2 aliphatic rings. The molecule has 2 saturated heterocycles. The minimum Gasteiger partial charge on any atom is -0.356 e. The van der Waals surface area contributed by atoms with Gasteiger partial charge in [0.15, 0.2) is 0 Å². The van der Waals surface area contributed by atoms with Gasteiger partial charge in [-0.1, -0.05) is 0 Å². The number of H-pyrrole nitrogens is 1. The first-order chi connectivity index (χ1) is 11.0. The molecular formula is C15H20N4O3S. The van der Waals surface area contributed by atoms with E-state index in [1.165, 1.54) is 16.6 Å². The van der Waals surface area contributed by atoms with Crippen molar-refractivity contribution < 1.29 is 13.2 Å². The molecule has 0 spiro atoms. The van der Waals surface area contributed by atoms with E-state index in [0.29, 0.717) is 31.6 Å². The first-order valence-corrected chi connectivity index (χ1v) is 9.34. The van der Waals surface area contributed by atoms with Crippen molar-refractivity contribution >= 4 is 15.9 Å². The second-order valence-corrected chi connectivity index (χ2v) is 7.99. The normalized spacial score (nSPS) is 20.6. The van der Waals surface area contributed by atoms with Crippen LogP contribution in [0, 0.1) is 17.2 Å². The highest BCUT2D eigenvalue weighted by molar-refractivity contribution is 7.89. The largest absolute Gasteiger partial charge is 0.356 e. The molecule has 0 saturated carbocycles. The molecule has 0 aliphatic carbocycles. The average molecular weight is 336 g/mol. The molecule has 3 rings (SSSR count). The number of aromatic nitrogens is 1. The number of amides is 1. The fraction of sp³-hybridized carbons (Fsp3) is 0.600. The van der Waals surface area contributed by atoms with Crippen LogP contribution >= 0.6 is 0 Å². The van der Waals surface area contributed by atoms with Crippen molar-refractivity contribution in [2.24, 2.45) is 5.92 Å². The molecule has 7 nitrogen and oxygen atoms in total. The molecule has 1 aromatic rings. The van der Waals surface area contributed by atoms with Crippen LogP contribution < -0.4 is 0 Å². The molecule has 2 aliphatic heterocycles. The Kier molecular flexibility index (Phi) is 4.41. The molecular weight excluding hydrogens is 316 g/mol. The monoisotopic (exact) mass is 336 g/mol. The van der Waals surface area contributed by atoms with E-state index in [-0.39, 0.29) is 16.7 Å². The zero-order valence-electron chi connectivity index (χ0n) is 12.9. The number of nitrogens with one attached hydrogen (secondary N) is 1. The first-order valence-electron chi connectivity index (χ1n) is 7.90. The fourth-order valence-electron chi connectivity index (χ4n) is 3.11. The SMILES string of the molecule is N#CC1CCN(S(=O)(=O)c2c[nH]c(C(=O)N3CCCC3)c2)CC1. The van der Waals surface area contributed by atoms with Gasteiger partial charge in [-0.3, -0.25) is 4.79 Å². The lowest BCUT2D eigenvalue weighted by Crippen LogP contribution is -2.38. The highest BCUT2D eigenvalue weighted by Gasteiger charge is 2.31. The van der Waals surface area contributed by atoms with Gasteiger partial charge in [0.1, 0.15) is 10.6 Å². The summed E-state index contributed by atoms with van der Waals surface area (Å²) < 4.78 is 26.7. The standard InChI is InChI=1S/C15H20N4O3S/c16-10-12-3-7-19(8-4-12)23(21,22)13-9-14(17-11-13)15(20)18-5-1-2-6-18/h9,11-12,17H,1-8H2. The molecule has 0 bridgehead atoms. The highest BCUT2D eigenvalue weighted by atomic mass is 32.2. The van der Waals surface area contributed by atoms with E-state index in [4.69, 9.17) is 5.26 Å². The second kappa shape index (κ2) is 6.34. The van der Waals surface area contributed by atoms with E-state index in [2.05, 4.69) is 11.1 Å². The van der Waals surface area contributed by atoms with Crippen molar-refractivity contribution in [3.8, 4) is 6.07 Å². The average Bonchev–Trinajstić information content (AvgIpc) is 3.26. The van der Waals surface area contributed by atoms with Gasteiger partial charge < -0.3 is 9.88 Å². The van der Waals surface area contributed by atoms with Gasteiger partial charge >= 0.3 is 0 Å². The molecule has 0 aromatic carbocycles. The quantitative estimate of drug-likeness (QED) is 0.896. The van der Waals surface area contributed by atoms with Gasteiger partial charge in [-0.05, 0) is 31.7 Å². The van der Waals surface area contributed by atoms with E-state index in [1.54, 1.807) is 4.90 Å². The molecule has 0 radical (unpaired) electrons. The summed E-state index contributed by atoms with van der Waals surface area (Å²) >= 11 is 0. The molecule has 1 N–H and O–H groups in total. The Hall–Kier alpha value is -1.85. The summed E-state index contributed by atoms with van der Waals surface area (Å²) in [7, 11) is -3.61. The van der Waals surface area contributed by atoms with Gasteiger partial charge in [-0.25, -0.2) is 8.42 Å². The van der Waals surface area contributed by atoms with Crippen LogP contribution in [0.25, 0.3) is 0 Å². The summed E-state index contributed by atoms with van der Waals surface area (Å²) in [5, 5.41) is 8.90. The van der Waals surface area contributed by atoms with Crippen LogP contribution in [-0.4, -0.2) is 54.7 Å². The summed E-state index contributed by atoms with van der Waals surface area (Å²) in [6, 6.07) is 3.61. The topological polar surface area (TPSA) is 97.3 Å². The number of sulfonamides is 1. The maximum Gasteiger partial charge on any atom is 0.270 e. The van der Waals surface area contributed by atoms with Crippen LogP contribution in [-0.2, 0) is 10.0 Å². The van der Waals surface area contributed by atoms with Crippen molar-refractivity contribution in [3.63, 3.8) is 0 Å². The summed E-state index contributed by atoms with van der Waals surface area (Å²) in [6.07, 6.45) is 4.48. The molecule has 3 heterocycles. The Morgan fingerprint density at radius 1 is 1.22 bits per heavy atom. The van der Waals surface area contributed by atoms with E-state index in [1.807, 2.05) is 0 Å². The van der Waals surface area contributed by atoms with E-state index in [9.17, 15) is 13.2 Å².